The molecule has 1 unspecified atom stereocenters. The van der Waals surface area contributed by atoms with Crippen LogP contribution in [-0.4, -0.2) is 17.5 Å². The van der Waals surface area contributed by atoms with Gasteiger partial charge in [0.25, 0.3) is 0 Å². The number of Topliss-reactive ketones (excluding diaryl/α,β-unsaturated/α-hetero) is 1. The van der Waals surface area contributed by atoms with Crippen LogP contribution in [0.2, 0.25) is 0 Å². The Morgan fingerprint density at radius 2 is 2.00 bits per heavy atom. The summed E-state index contributed by atoms with van der Waals surface area (Å²) >= 11 is 0. The van der Waals surface area contributed by atoms with Crippen LogP contribution >= 0.6 is 0 Å². The van der Waals surface area contributed by atoms with Crippen molar-refractivity contribution in [2.45, 2.75) is 71.5 Å². The largest absolute Gasteiger partial charge is 0.358 e. The number of hydrogen-bond acceptors (Lipinski definition) is 2. The smallest absolute Gasteiger partial charge is 0.194 e. The van der Waals surface area contributed by atoms with Crippen molar-refractivity contribution in [2.75, 3.05) is 0 Å². The fourth-order valence-electron chi connectivity index (χ4n) is 3.99. The third-order valence-corrected chi connectivity index (χ3v) is 6.34. The second kappa shape index (κ2) is 5.19. The Morgan fingerprint density at radius 3 is 2.73 bits per heavy atom. The summed E-state index contributed by atoms with van der Waals surface area (Å²) < 4.78 is 5.80. The first-order valence-electron chi connectivity index (χ1n) is 8.55. The Balaban J connectivity index is 1.98. The van der Waals surface area contributed by atoms with Gasteiger partial charge in [0.05, 0.1) is 0 Å². The Kier molecular flexibility index (Phi) is 3.71. The minimum Gasteiger partial charge on any atom is -0.358 e. The molecule has 3 rings (SSSR count). The summed E-state index contributed by atoms with van der Waals surface area (Å²) in [5.74, 6) is 0.686. The molecule has 0 aromatic rings. The third kappa shape index (κ3) is 2.42. The van der Waals surface area contributed by atoms with Crippen LogP contribution in [0.5, 0.6) is 0 Å². The molecule has 0 N–H and O–H groups in total. The van der Waals surface area contributed by atoms with E-state index in [0.29, 0.717) is 5.92 Å². The Bertz CT molecular complexity index is 583. The van der Waals surface area contributed by atoms with Crippen molar-refractivity contribution in [3.63, 3.8) is 0 Å². The first-order chi connectivity index (χ1) is 10.3. The lowest BCUT2D eigenvalue weighted by Crippen LogP contribution is -2.34. The highest BCUT2D eigenvalue weighted by Crippen LogP contribution is 2.51. The molecule has 0 radical (unpaired) electrons. The summed E-state index contributed by atoms with van der Waals surface area (Å²) in [6, 6.07) is 0. The van der Waals surface area contributed by atoms with E-state index in [1.54, 1.807) is 0 Å². The highest BCUT2D eigenvalue weighted by atomic mass is 16.6. The summed E-state index contributed by atoms with van der Waals surface area (Å²) in [7, 11) is 0. The van der Waals surface area contributed by atoms with E-state index in [2.05, 4.69) is 46.4 Å². The lowest BCUT2D eigenvalue weighted by Gasteiger charge is -2.41. The van der Waals surface area contributed by atoms with Crippen LogP contribution in [0.4, 0.5) is 0 Å². The van der Waals surface area contributed by atoms with Crippen LogP contribution in [0, 0.1) is 11.3 Å². The second-order valence-corrected chi connectivity index (χ2v) is 7.91. The van der Waals surface area contributed by atoms with E-state index >= 15 is 0 Å². The van der Waals surface area contributed by atoms with Crippen LogP contribution in [0.3, 0.4) is 0 Å². The second-order valence-electron chi connectivity index (χ2n) is 7.91. The molecule has 1 saturated heterocycles. The summed E-state index contributed by atoms with van der Waals surface area (Å²) in [5.41, 5.74) is 3.07. The maximum absolute atomic E-state index is 12.9. The Morgan fingerprint density at radius 1 is 1.27 bits per heavy atom. The molecule has 22 heavy (non-hydrogen) atoms. The van der Waals surface area contributed by atoms with Gasteiger partial charge >= 0.3 is 0 Å². The molecule has 120 valence electrons. The summed E-state index contributed by atoms with van der Waals surface area (Å²) in [5, 5.41) is 0. The molecular weight excluding hydrogens is 272 g/mol. The summed E-state index contributed by atoms with van der Waals surface area (Å²) in [6.45, 7) is 13.2. The van der Waals surface area contributed by atoms with Crippen molar-refractivity contribution in [1.82, 2.24) is 0 Å². The normalized spacial score (nSPS) is 44.9. The maximum Gasteiger partial charge on any atom is 0.194 e. The standard InChI is InChI=1S/C20H28O2/c1-13-7-6-11-20(5)18(22-20)17(21)16-9-8-14(2)19(4,12-10-13)15(16)3/h7,9,14,18H,3,6,8,10-12H2,1-2,4-5H3/b13-7+/t14-,18-,19?,20-/m1/s1. The number of hydrogen-bond donors (Lipinski definition) is 0. The molecule has 2 bridgehead atoms. The fraction of sp³-hybridized carbons (Fsp3) is 0.650. The van der Waals surface area contributed by atoms with E-state index in [9.17, 15) is 4.79 Å². The number of carbonyl (C=O) groups is 1. The topological polar surface area (TPSA) is 29.6 Å². The van der Waals surface area contributed by atoms with E-state index in [0.717, 1.165) is 43.3 Å². The van der Waals surface area contributed by atoms with Gasteiger partial charge in [0.2, 0.25) is 0 Å². The first kappa shape index (κ1) is 15.7. The molecule has 4 atom stereocenters. The van der Waals surface area contributed by atoms with Gasteiger partial charge in [0.15, 0.2) is 5.78 Å². The quantitative estimate of drug-likeness (QED) is 0.477. The van der Waals surface area contributed by atoms with Crippen molar-refractivity contribution in [1.29, 1.82) is 0 Å². The van der Waals surface area contributed by atoms with Crippen LogP contribution in [0.25, 0.3) is 0 Å². The highest BCUT2D eigenvalue weighted by molar-refractivity contribution is 6.05. The summed E-state index contributed by atoms with van der Waals surface area (Å²) in [6.07, 6.45) is 9.21. The van der Waals surface area contributed by atoms with Crippen LogP contribution in [0.15, 0.2) is 35.5 Å². The zero-order valence-corrected chi connectivity index (χ0v) is 14.4. The number of allylic oxidation sites excluding steroid dienone is 4. The van der Waals surface area contributed by atoms with Gasteiger partial charge in [0, 0.05) is 5.57 Å². The predicted molar refractivity (Wildman–Crippen MR) is 89.6 cm³/mol. The number of carbonyl (C=O) groups excluding carboxylic acids is 1. The molecule has 2 heteroatoms. The van der Waals surface area contributed by atoms with Crippen molar-refractivity contribution < 1.29 is 9.53 Å². The number of epoxide rings is 1. The maximum atomic E-state index is 12.9. The highest BCUT2D eigenvalue weighted by Gasteiger charge is 2.57. The SMILES string of the molecule is C=C1C2=CC[C@@H](C)C1(C)CC/C(C)=C/CC[C@@]1(C)O[C@@H]1C2=O. The van der Waals surface area contributed by atoms with Gasteiger partial charge in [0.1, 0.15) is 11.7 Å². The molecule has 0 saturated carbocycles. The van der Waals surface area contributed by atoms with E-state index in [1.807, 2.05) is 0 Å². The van der Waals surface area contributed by atoms with Gasteiger partial charge < -0.3 is 4.74 Å². The fourth-order valence-corrected chi connectivity index (χ4v) is 3.99. The number of ketones is 1. The van der Waals surface area contributed by atoms with Crippen molar-refractivity contribution in [3.8, 4) is 0 Å². The number of rotatable bonds is 0. The van der Waals surface area contributed by atoms with Crippen LogP contribution in [-0.2, 0) is 9.53 Å². The average Bonchev–Trinajstić information content (AvgIpc) is 3.14. The predicted octanol–water partition coefficient (Wildman–Crippen LogP) is 4.76. The first-order valence-corrected chi connectivity index (χ1v) is 8.55. The lowest BCUT2D eigenvalue weighted by atomic mass is 9.62. The lowest BCUT2D eigenvalue weighted by molar-refractivity contribution is -0.116. The minimum atomic E-state index is -0.270. The van der Waals surface area contributed by atoms with Crippen LogP contribution in [0.1, 0.15) is 59.8 Å². The molecule has 3 aliphatic rings. The molecule has 1 aliphatic heterocycles. The molecular formula is C20H28O2. The zero-order valence-electron chi connectivity index (χ0n) is 14.4. The van der Waals surface area contributed by atoms with E-state index in [-0.39, 0.29) is 22.9 Å². The molecule has 1 heterocycles. The van der Waals surface area contributed by atoms with E-state index in [4.69, 9.17) is 4.74 Å². The monoisotopic (exact) mass is 300 g/mol. The molecule has 1 fully saturated rings. The third-order valence-electron chi connectivity index (χ3n) is 6.34. The zero-order chi connectivity index (χ0) is 16.1. The number of fused-ring (bicyclic) bond motifs is 3. The molecule has 0 aromatic carbocycles. The van der Waals surface area contributed by atoms with Crippen molar-refractivity contribution in [2.24, 2.45) is 11.3 Å². The Labute approximate surface area is 134 Å². The van der Waals surface area contributed by atoms with Gasteiger partial charge in [-0.25, -0.2) is 0 Å². The van der Waals surface area contributed by atoms with Gasteiger partial charge in [-0.2, -0.15) is 0 Å². The van der Waals surface area contributed by atoms with Gasteiger partial charge in [-0.1, -0.05) is 38.2 Å². The van der Waals surface area contributed by atoms with Gasteiger partial charge in [-0.3, -0.25) is 4.79 Å². The summed E-state index contributed by atoms with van der Waals surface area (Å²) in [4.78, 5) is 12.9. The van der Waals surface area contributed by atoms with Gasteiger partial charge in [-0.15, -0.1) is 0 Å². The van der Waals surface area contributed by atoms with Gasteiger partial charge in [-0.05, 0) is 62.9 Å². The molecule has 2 nitrogen and oxygen atoms in total. The van der Waals surface area contributed by atoms with E-state index in [1.165, 1.54) is 5.57 Å². The minimum absolute atomic E-state index is 0.0132. The molecule has 0 amide bonds. The van der Waals surface area contributed by atoms with E-state index < -0.39 is 0 Å². The van der Waals surface area contributed by atoms with Crippen LogP contribution < -0.4 is 0 Å². The molecule has 0 aromatic heterocycles. The van der Waals surface area contributed by atoms with Crippen molar-refractivity contribution in [3.05, 3.63) is 35.5 Å². The molecule has 2 aliphatic carbocycles. The Hall–Kier alpha value is -1.15. The number of ether oxygens (including phenoxy) is 1. The average molecular weight is 300 g/mol. The van der Waals surface area contributed by atoms with Crippen molar-refractivity contribution >= 4 is 5.78 Å². The molecule has 0 spiro atoms.